The molecule has 28 heavy (non-hydrogen) atoms. The number of carbonyl (C=O) groups is 2. The topological polar surface area (TPSA) is 67.9 Å². The predicted molar refractivity (Wildman–Crippen MR) is 108 cm³/mol. The molecule has 1 aliphatic carbocycles. The smallest absolute Gasteiger partial charge is 0.251 e. The number of benzene rings is 1. The molecule has 0 spiro atoms. The molecule has 1 saturated heterocycles. The Morgan fingerprint density at radius 2 is 1.79 bits per heavy atom. The van der Waals surface area contributed by atoms with Gasteiger partial charge in [0.15, 0.2) is 11.5 Å². The number of methoxy groups -OCH3 is 1. The fourth-order valence-electron chi connectivity index (χ4n) is 4.21. The second-order valence-electron chi connectivity index (χ2n) is 7.71. The van der Waals surface area contributed by atoms with Gasteiger partial charge in [-0.1, -0.05) is 19.3 Å². The molecule has 0 aromatic heterocycles. The van der Waals surface area contributed by atoms with Crippen molar-refractivity contribution in [2.45, 2.75) is 57.9 Å². The third-order valence-electron chi connectivity index (χ3n) is 5.82. The van der Waals surface area contributed by atoms with Crippen LogP contribution in [0.4, 0.5) is 0 Å². The standard InChI is InChI=1S/C22H32N2O4/c1-3-28-20-15-17(9-10-19(20)27-2)21(25)23-18-11-13-24(14-12-18)22(26)16-7-5-4-6-8-16/h9-10,15-16,18H,3-8,11-14H2,1-2H3,(H,23,25). The van der Waals surface area contributed by atoms with Crippen molar-refractivity contribution in [3.05, 3.63) is 23.8 Å². The maximum Gasteiger partial charge on any atom is 0.251 e. The monoisotopic (exact) mass is 388 g/mol. The quantitative estimate of drug-likeness (QED) is 0.811. The van der Waals surface area contributed by atoms with E-state index in [2.05, 4.69) is 5.32 Å². The molecule has 1 aromatic carbocycles. The number of carbonyl (C=O) groups excluding carboxylic acids is 2. The number of ether oxygens (including phenoxy) is 2. The van der Waals surface area contributed by atoms with E-state index in [-0.39, 0.29) is 17.9 Å². The van der Waals surface area contributed by atoms with E-state index >= 15 is 0 Å². The van der Waals surface area contributed by atoms with Crippen LogP contribution >= 0.6 is 0 Å². The highest BCUT2D eigenvalue weighted by Crippen LogP contribution is 2.29. The lowest BCUT2D eigenvalue weighted by atomic mass is 9.87. The lowest BCUT2D eigenvalue weighted by Gasteiger charge is -2.35. The molecule has 1 aliphatic heterocycles. The van der Waals surface area contributed by atoms with Crippen LogP contribution < -0.4 is 14.8 Å². The summed E-state index contributed by atoms with van der Waals surface area (Å²) in [6, 6.07) is 5.32. The number of nitrogens with zero attached hydrogens (tertiary/aromatic N) is 1. The van der Waals surface area contributed by atoms with Crippen LogP contribution in [0, 0.1) is 5.92 Å². The van der Waals surface area contributed by atoms with Crippen molar-refractivity contribution in [2.24, 2.45) is 5.92 Å². The molecule has 0 unspecified atom stereocenters. The van der Waals surface area contributed by atoms with Gasteiger partial charge < -0.3 is 19.7 Å². The van der Waals surface area contributed by atoms with Crippen molar-refractivity contribution in [1.82, 2.24) is 10.2 Å². The van der Waals surface area contributed by atoms with Crippen LogP contribution in [0.1, 0.15) is 62.2 Å². The van der Waals surface area contributed by atoms with E-state index in [1.807, 2.05) is 11.8 Å². The summed E-state index contributed by atoms with van der Waals surface area (Å²) >= 11 is 0. The maximum atomic E-state index is 12.7. The first-order valence-corrected chi connectivity index (χ1v) is 10.5. The number of likely N-dealkylation sites (tertiary alicyclic amines) is 1. The van der Waals surface area contributed by atoms with Gasteiger partial charge in [0.05, 0.1) is 13.7 Å². The summed E-state index contributed by atoms with van der Waals surface area (Å²) in [7, 11) is 1.58. The van der Waals surface area contributed by atoms with Gasteiger partial charge in [-0.2, -0.15) is 0 Å². The van der Waals surface area contributed by atoms with E-state index < -0.39 is 0 Å². The number of rotatable bonds is 6. The molecule has 1 saturated carbocycles. The molecule has 1 N–H and O–H groups in total. The molecule has 1 aromatic rings. The van der Waals surface area contributed by atoms with E-state index in [1.165, 1.54) is 19.3 Å². The van der Waals surface area contributed by atoms with Gasteiger partial charge in [0.25, 0.3) is 5.91 Å². The minimum Gasteiger partial charge on any atom is -0.493 e. The summed E-state index contributed by atoms with van der Waals surface area (Å²) in [6.07, 6.45) is 7.29. The van der Waals surface area contributed by atoms with Gasteiger partial charge in [0.1, 0.15) is 0 Å². The van der Waals surface area contributed by atoms with Crippen LogP contribution in [-0.4, -0.2) is 49.6 Å². The highest BCUT2D eigenvalue weighted by Gasteiger charge is 2.29. The maximum absolute atomic E-state index is 12.7. The van der Waals surface area contributed by atoms with Gasteiger partial charge in [-0.15, -0.1) is 0 Å². The van der Waals surface area contributed by atoms with Crippen LogP contribution in [0.25, 0.3) is 0 Å². The minimum atomic E-state index is -0.110. The number of amides is 2. The average Bonchev–Trinajstić information content (AvgIpc) is 2.74. The second kappa shape index (κ2) is 9.80. The molecule has 0 radical (unpaired) electrons. The third kappa shape index (κ3) is 4.97. The lowest BCUT2D eigenvalue weighted by Crippen LogP contribution is -2.48. The Morgan fingerprint density at radius 1 is 1.07 bits per heavy atom. The van der Waals surface area contributed by atoms with Crippen LogP contribution in [0.15, 0.2) is 18.2 Å². The molecule has 2 amide bonds. The van der Waals surface area contributed by atoms with Gasteiger partial charge >= 0.3 is 0 Å². The van der Waals surface area contributed by atoms with Crippen LogP contribution in [0.2, 0.25) is 0 Å². The van der Waals surface area contributed by atoms with Crippen molar-refractivity contribution in [1.29, 1.82) is 0 Å². The van der Waals surface area contributed by atoms with Crippen molar-refractivity contribution >= 4 is 11.8 Å². The zero-order valence-corrected chi connectivity index (χ0v) is 17.0. The highest BCUT2D eigenvalue weighted by atomic mass is 16.5. The SMILES string of the molecule is CCOc1cc(C(=O)NC2CCN(C(=O)C3CCCCC3)CC2)ccc1OC. The van der Waals surface area contributed by atoms with E-state index in [1.54, 1.807) is 25.3 Å². The van der Waals surface area contributed by atoms with Crippen LogP contribution in [0.5, 0.6) is 11.5 Å². The minimum absolute atomic E-state index is 0.0977. The van der Waals surface area contributed by atoms with E-state index in [0.717, 1.165) is 38.8 Å². The Bertz CT molecular complexity index is 677. The zero-order chi connectivity index (χ0) is 19.9. The fraction of sp³-hybridized carbons (Fsp3) is 0.636. The molecule has 1 heterocycles. The van der Waals surface area contributed by atoms with E-state index in [4.69, 9.17) is 9.47 Å². The second-order valence-corrected chi connectivity index (χ2v) is 7.71. The summed E-state index contributed by atoms with van der Waals surface area (Å²) in [6.45, 7) is 3.86. The van der Waals surface area contributed by atoms with Crippen molar-refractivity contribution in [3.8, 4) is 11.5 Å². The first-order valence-electron chi connectivity index (χ1n) is 10.5. The summed E-state index contributed by atoms with van der Waals surface area (Å²) in [5, 5.41) is 3.11. The largest absolute Gasteiger partial charge is 0.493 e. The molecule has 154 valence electrons. The summed E-state index contributed by atoms with van der Waals surface area (Å²) < 4.78 is 10.8. The third-order valence-corrected chi connectivity index (χ3v) is 5.82. The molecule has 2 fully saturated rings. The molecule has 0 bridgehead atoms. The molecule has 3 rings (SSSR count). The molecule has 6 nitrogen and oxygen atoms in total. The average molecular weight is 389 g/mol. The van der Waals surface area contributed by atoms with Gasteiger partial charge in [0.2, 0.25) is 5.91 Å². The Hall–Kier alpha value is -2.24. The highest BCUT2D eigenvalue weighted by molar-refractivity contribution is 5.95. The normalized spacial score (nSPS) is 18.6. The zero-order valence-electron chi connectivity index (χ0n) is 17.0. The van der Waals surface area contributed by atoms with Gasteiger partial charge in [0, 0.05) is 30.6 Å². The van der Waals surface area contributed by atoms with Crippen molar-refractivity contribution in [3.63, 3.8) is 0 Å². The van der Waals surface area contributed by atoms with Gasteiger partial charge in [-0.05, 0) is 50.8 Å². The van der Waals surface area contributed by atoms with E-state index in [0.29, 0.717) is 29.6 Å². The molecule has 2 aliphatic rings. The van der Waals surface area contributed by atoms with Gasteiger partial charge in [-0.25, -0.2) is 0 Å². The van der Waals surface area contributed by atoms with Crippen LogP contribution in [0.3, 0.4) is 0 Å². The van der Waals surface area contributed by atoms with E-state index in [9.17, 15) is 9.59 Å². The Labute approximate surface area is 167 Å². The Balaban J connectivity index is 1.52. The van der Waals surface area contributed by atoms with Crippen molar-refractivity contribution < 1.29 is 19.1 Å². The van der Waals surface area contributed by atoms with Crippen LogP contribution in [-0.2, 0) is 4.79 Å². The first kappa shape index (κ1) is 20.5. The first-order chi connectivity index (χ1) is 13.6. The number of hydrogen-bond acceptors (Lipinski definition) is 4. The Morgan fingerprint density at radius 3 is 2.43 bits per heavy atom. The predicted octanol–water partition coefficient (Wildman–Crippen LogP) is 3.40. The molecule has 6 heteroatoms. The molecule has 0 atom stereocenters. The number of piperidine rings is 1. The number of nitrogens with one attached hydrogen (secondary N) is 1. The fourth-order valence-corrected chi connectivity index (χ4v) is 4.21. The summed E-state index contributed by atoms with van der Waals surface area (Å²) in [4.78, 5) is 27.3. The number of hydrogen-bond donors (Lipinski definition) is 1. The molecular formula is C22H32N2O4. The lowest BCUT2D eigenvalue weighted by molar-refractivity contribution is -0.137. The van der Waals surface area contributed by atoms with Gasteiger partial charge in [-0.3, -0.25) is 9.59 Å². The van der Waals surface area contributed by atoms with Crippen molar-refractivity contribution in [2.75, 3.05) is 26.8 Å². The Kier molecular flexibility index (Phi) is 7.18. The summed E-state index contributed by atoms with van der Waals surface area (Å²) in [5.74, 6) is 1.62. The summed E-state index contributed by atoms with van der Waals surface area (Å²) in [5.41, 5.74) is 0.560. The molecular weight excluding hydrogens is 356 g/mol.